The van der Waals surface area contributed by atoms with Crippen LogP contribution in [-0.2, 0) is 13.0 Å². The number of hydrogen-bond donors (Lipinski definition) is 1. The van der Waals surface area contributed by atoms with Gasteiger partial charge in [0.15, 0.2) is 0 Å². The largest absolute Gasteiger partial charge is 0.388 e. The van der Waals surface area contributed by atoms with E-state index in [9.17, 15) is 5.11 Å². The quantitative estimate of drug-likeness (QED) is 0.752. The summed E-state index contributed by atoms with van der Waals surface area (Å²) in [6.07, 6.45) is 1.70. The van der Waals surface area contributed by atoms with Crippen molar-refractivity contribution in [2.45, 2.75) is 53.2 Å². The third kappa shape index (κ3) is 1.71. The molecule has 0 fully saturated rings. The van der Waals surface area contributed by atoms with Crippen molar-refractivity contribution < 1.29 is 5.11 Å². The molecule has 1 aromatic heterocycles. The summed E-state index contributed by atoms with van der Waals surface area (Å²) in [4.78, 5) is 0. The Morgan fingerprint density at radius 1 is 1.53 bits per heavy atom. The number of aliphatic hydroxyl groups excluding tert-OH is 1. The van der Waals surface area contributed by atoms with Gasteiger partial charge in [-0.05, 0) is 38.2 Å². The maximum Gasteiger partial charge on any atom is 0.0812 e. The molecular weight excluding hydrogens is 186 g/mol. The van der Waals surface area contributed by atoms with Crippen LogP contribution in [0.4, 0.5) is 0 Å². The zero-order chi connectivity index (χ0) is 11.2. The van der Waals surface area contributed by atoms with Crippen molar-refractivity contribution in [2.75, 3.05) is 0 Å². The van der Waals surface area contributed by atoms with E-state index in [0.717, 1.165) is 24.9 Å². The fraction of sp³-hybridized carbons (Fsp3) is 0.692. The molecule has 2 nitrogen and oxygen atoms in total. The second-order valence-corrected chi connectivity index (χ2v) is 5.49. The van der Waals surface area contributed by atoms with Crippen LogP contribution >= 0.6 is 0 Å². The van der Waals surface area contributed by atoms with Crippen molar-refractivity contribution in [3.05, 3.63) is 23.0 Å². The molecule has 2 rings (SSSR count). The van der Waals surface area contributed by atoms with Crippen molar-refractivity contribution in [3.8, 4) is 0 Å². The van der Waals surface area contributed by atoms with Crippen LogP contribution in [-0.4, -0.2) is 9.67 Å². The number of hydrogen-bond acceptors (Lipinski definition) is 1. The van der Waals surface area contributed by atoms with Gasteiger partial charge in [-0.15, -0.1) is 0 Å². The molecule has 1 heterocycles. The van der Waals surface area contributed by atoms with Gasteiger partial charge in [0, 0.05) is 23.5 Å². The number of aryl methyl sites for hydroxylation is 1. The molecule has 1 aliphatic rings. The van der Waals surface area contributed by atoms with E-state index >= 15 is 0 Å². The smallest absolute Gasteiger partial charge is 0.0812 e. The van der Waals surface area contributed by atoms with Crippen LogP contribution in [0.25, 0.3) is 0 Å². The van der Waals surface area contributed by atoms with E-state index in [-0.39, 0.29) is 11.5 Å². The molecule has 0 aromatic carbocycles. The highest BCUT2D eigenvalue weighted by molar-refractivity contribution is 5.33. The summed E-state index contributed by atoms with van der Waals surface area (Å²) in [5.41, 5.74) is 4.01. The lowest BCUT2D eigenvalue weighted by Gasteiger charge is -2.33. The molecule has 0 aliphatic heterocycles. The maximum absolute atomic E-state index is 10.1. The lowest BCUT2D eigenvalue weighted by Crippen LogP contribution is -2.26. The second-order valence-electron chi connectivity index (χ2n) is 5.49. The molecule has 84 valence electrons. The summed E-state index contributed by atoms with van der Waals surface area (Å²) in [6, 6.07) is 2.15. The average molecular weight is 207 g/mol. The highest BCUT2D eigenvalue weighted by atomic mass is 16.3. The fourth-order valence-corrected chi connectivity index (χ4v) is 2.84. The second kappa shape index (κ2) is 3.38. The highest BCUT2D eigenvalue weighted by Gasteiger charge is 2.33. The predicted octanol–water partition coefficient (Wildman–Crippen LogP) is 2.82. The lowest BCUT2D eigenvalue weighted by atomic mass is 9.75. The van der Waals surface area contributed by atoms with Crippen LogP contribution in [0.2, 0.25) is 0 Å². The van der Waals surface area contributed by atoms with E-state index in [1.165, 1.54) is 11.4 Å². The van der Waals surface area contributed by atoms with Gasteiger partial charge in [-0.3, -0.25) is 0 Å². The van der Waals surface area contributed by atoms with Crippen molar-refractivity contribution >= 4 is 0 Å². The van der Waals surface area contributed by atoms with Gasteiger partial charge < -0.3 is 9.67 Å². The molecule has 0 saturated carbocycles. The first-order chi connectivity index (χ1) is 6.94. The summed E-state index contributed by atoms with van der Waals surface area (Å²) in [5.74, 6) is 0. The Bertz CT molecular complexity index is 376. The standard InChI is InChI=1S/C13H21NO/c1-5-14-9(2)6-10-11(14)7-13(3,4)8-12(10)15/h6,12,15H,5,7-8H2,1-4H3. The van der Waals surface area contributed by atoms with E-state index in [4.69, 9.17) is 0 Å². The van der Waals surface area contributed by atoms with Gasteiger partial charge in [0.2, 0.25) is 0 Å². The Hall–Kier alpha value is -0.760. The Morgan fingerprint density at radius 3 is 2.80 bits per heavy atom. The third-order valence-corrected chi connectivity index (χ3v) is 3.52. The number of rotatable bonds is 1. The predicted molar refractivity (Wildman–Crippen MR) is 61.9 cm³/mol. The molecule has 0 radical (unpaired) electrons. The molecular formula is C13H21NO. The number of aromatic nitrogens is 1. The minimum absolute atomic E-state index is 0.226. The van der Waals surface area contributed by atoms with Crippen molar-refractivity contribution in [1.82, 2.24) is 4.57 Å². The van der Waals surface area contributed by atoms with Crippen LogP contribution in [0.3, 0.4) is 0 Å². The Morgan fingerprint density at radius 2 is 2.20 bits per heavy atom. The van der Waals surface area contributed by atoms with Crippen LogP contribution in [0, 0.1) is 12.3 Å². The van der Waals surface area contributed by atoms with Crippen LogP contribution in [0.5, 0.6) is 0 Å². The molecule has 1 aromatic rings. The fourth-order valence-electron chi connectivity index (χ4n) is 2.84. The first-order valence-corrected chi connectivity index (χ1v) is 5.81. The van der Waals surface area contributed by atoms with E-state index in [0.29, 0.717) is 0 Å². The third-order valence-electron chi connectivity index (χ3n) is 3.52. The molecule has 1 aliphatic carbocycles. The van der Waals surface area contributed by atoms with Gasteiger partial charge in [-0.25, -0.2) is 0 Å². The monoisotopic (exact) mass is 207 g/mol. The maximum atomic E-state index is 10.1. The zero-order valence-electron chi connectivity index (χ0n) is 10.2. The normalized spacial score (nSPS) is 23.9. The average Bonchev–Trinajstić information content (AvgIpc) is 2.40. The van der Waals surface area contributed by atoms with E-state index in [1.807, 2.05) is 0 Å². The minimum Gasteiger partial charge on any atom is -0.388 e. The first kappa shape index (κ1) is 10.7. The highest BCUT2D eigenvalue weighted by Crippen LogP contribution is 2.41. The lowest BCUT2D eigenvalue weighted by molar-refractivity contribution is 0.0980. The molecule has 1 N–H and O–H groups in total. The van der Waals surface area contributed by atoms with Gasteiger partial charge >= 0.3 is 0 Å². The molecule has 1 unspecified atom stereocenters. The molecule has 0 spiro atoms. The summed E-state index contributed by atoms with van der Waals surface area (Å²) in [6.45, 7) is 9.77. The van der Waals surface area contributed by atoms with Gasteiger partial charge in [0.25, 0.3) is 0 Å². The van der Waals surface area contributed by atoms with E-state index in [1.54, 1.807) is 0 Å². The molecule has 0 amide bonds. The number of fused-ring (bicyclic) bond motifs is 1. The summed E-state index contributed by atoms with van der Waals surface area (Å²) >= 11 is 0. The van der Waals surface area contributed by atoms with Gasteiger partial charge in [0.1, 0.15) is 0 Å². The van der Waals surface area contributed by atoms with Gasteiger partial charge in [-0.2, -0.15) is 0 Å². The molecule has 0 saturated heterocycles. The number of nitrogens with zero attached hydrogens (tertiary/aromatic N) is 1. The molecule has 1 atom stereocenters. The minimum atomic E-state index is -0.268. The summed E-state index contributed by atoms with van der Waals surface area (Å²) in [5, 5.41) is 10.1. The summed E-state index contributed by atoms with van der Waals surface area (Å²) < 4.78 is 2.33. The first-order valence-electron chi connectivity index (χ1n) is 5.81. The SMILES string of the molecule is CCn1c(C)cc2c1CC(C)(C)CC2O. The van der Waals surface area contributed by atoms with Crippen LogP contribution in [0.1, 0.15) is 50.2 Å². The van der Waals surface area contributed by atoms with Crippen molar-refractivity contribution in [1.29, 1.82) is 0 Å². The zero-order valence-corrected chi connectivity index (χ0v) is 10.2. The van der Waals surface area contributed by atoms with Crippen molar-refractivity contribution in [2.24, 2.45) is 5.41 Å². The topological polar surface area (TPSA) is 25.2 Å². The van der Waals surface area contributed by atoms with E-state index in [2.05, 4.69) is 38.3 Å². The van der Waals surface area contributed by atoms with Gasteiger partial charge in [-0.1, -0.05) is 13.8 Å². The molecule has 2 heteroatoms. The van der Waals surface area contributed by atoms with E-state index < -0.39 is 0 Å². The molecule has 0 bridgehead atoms. The van der Waals surface area contributed by atoms with Gasteiger partial charge in [0.05, 0.1) is 6.10 Å². The summed E-state index contributed by atoms with van der Waals surface area (Å²) in [7, 11) is 0. The Balaban J connectivity index is 2.51. The molecule has 15 heavy (non-hydrogen) atoms. The van der Waals surface area contributed by atoms with Crippen molar-refractivity contribution in [3.63, 3.8) is 0 Å². The Labute approximate surface area is 91.9 Å². The Kier molecular flexibility index (Phi) is 2.42. The van der Waals surface area contributed by atoms with Crippen LogP contribution < -0.4 is 0 Å². The number of aliphatic hydroxyl groups is 1. The van der Waals surface area contributed by atoms with Crippen LogP contribution in [0.15, 0.2) is 6.07 Å².